The number of carbonyl (C=O) groups is 1. The van der Waals surface area contributed by atoms with Gasteiger partial charge in [0.2, 0.25) is 0 Å². The van der Waals surface area contributed by atoms with Crippen molar-refractivity contribution >= 4 is 18.3 Å². The zero-order valence-corrected chi connectivity index (χ0v) is 15.0. The van der Waals surface area contributed by atoms with Crippen LogP contribution in [0.1, 0.15) is 22.8 Å². The molecule has 1 atom stereocenters. The highest BCUT2D eigenvalue weighted by Gasteiger charge is 2.24. The van der Waals surface area contributed by atoms with Gasteiger partial charge in [0.1, 0.15) is 11.6 Å². The molecule has 0 aromatic heterocycles. The number of hydrogen-bond acceptors (Lipinski definition) is 2. The Morgan fingerprint density at radius 3 is 2.52 bits per heavy atom. The summed E-state index contributed by atoms with van der Waals surface area (Å²) in [5.74, 6) is -0.986. The van der Waals surface area contributed by atoms with Gasteiger partial charge in [0, 0.05) is 36.8 Å². The van der Waals surface area contributed by atoms with Gasteiger partial charge in [0.15, 0.2) is 0 Å². The lowest BCUT2D eigenvalue weighted by Crippen LogP contribution is -2.52. The summed E-state index contributed by atoms with van der Waals surface area (Å²) in [7, 11) is 0. The van der Waals surface area contributed by atoms with Crippen molar-refractivity contribution in [1.82, 2.24) is 10.2 Å². The van der Waals surface area contributed by atoms with Gasteiger partial charge in [0.05, 0.1) is 0 Å². The summed E-state index contributed by atoms with van der Waals surface area (Å²) >= 11 is 0. The van der Waals surface area contributed by atoms with Crippen LogP contribution in [0.3, 0.4) is 0 Å². The number of benzene rings is 2. The van der Waals surface area contributed by atoms with E-state index in [1.54, 1.807) is 30.0 Å². The summed E-state index contributed by atoms with van der Waals surface area (Å²) in [4.78, 5) is 14.4. The molecule has 0 bridgehead atoms. The molecule has 2 aromatic rings. The number of rotatable bonds is 2. The molecule has 25 heavy (non-hydrogen) atoms. The highest BCUT2D eigenvalue weighted by atomic mass is 35.5. The maximum Gasteiger partial charge on any atom is 0.254 e. The smallest absolute Gasteiger partial charge is 0.254 e. The van der Waals surface area contributed by atoms with Crippen LogP contribution in [0, 0.1) is 18.6 Å². The number of carbonyl (C=O) groups excluding carboxylic acids is 1. The Labute approximate surface area is 152 Å². The van der Waals surface area contributed by atoms with Gasteiger partial charge >= 0.3 is 0 Å². The SMILES string of the molecule is Cc1cc(F)ccc1-c1ccc(C(=O)N2CCNCC2C)cc1F.Cl. The van der Waals surface area contributed by atoms with Crippen LogP contribution in [0.5, 0.6) is 0 Å². The number of aryl methyl sites for hydroxylation is 1. The molecule has 1 unspecified atom stereocenters. The summed E-state index contributed by atoms with van der Waals surface area (Å²) in [6.07, 6.45) is 0. The van der Waals surface area contributed by atoms with Crippen molar-refractivity contribution in [1.29, 1.82) is 0 Å². The van der Waals surface area contributed by atoms with Crippen molar-refractivity contribution < 1.29 is 13.6 Å². The van der Waals surface area contributed by atoms with E-state index in [-0.39, 0.29) is 30.2 Å². The summed E-state index contributed by atoms with van der Waals surface area (Å²) in [5, 5.41) is 3.22. The topological polar surface area (TPSA) is 32.3 Å². The Bertz CT molecular complexity index is 782. The summed E-state index contributed by atoms with van der Waals surface area (Å²) in [6.45, 7) is 5.79. The van der Waals surface area contributed by atoms with Crippen molar-refractivity contribution in [2.24, 2.45) is 0 Å². The van der Waals surface area contributed by atoms with Gasteiger partial charge in [-0.15, -0.1) is 12.4 Å². The fraction of sp³-hybridized carbons (Fsp3) is 0.316. The standard InChI is InChI=1S/C19H20F2N2O.ClH/c1-12-9-15(20)4-6-16(12)17-5-3-14(10-18(17)21)19(24)23-8-7-22-11-13(23)2;/h3-6,9-10,13,22H,7-8,11H2,1-2H3;1H. The highest BCUT2D eigenvalue weighted by molar-refractivity contribution is 5.95. The van der Waals surface area contributed by atoms with Gasteiger partial charge in [-0.05, 0) is 49.2 Å². The molecule has 1 N–H and O–H groups in total. The van der Waals surface area contributed by atoms with Crippen LogP contribution in [-0.2, 0) is 0 Å². The van der Waals surface area contributed by atoms with E-state index in [9.17, 15) is 13.6 Å². The van der Waals surface area contributed by atoms with Gasteiger partial charge in [-0.2, -0.15) is 0 Å². The summed E-state index contributed by atoms with van der Waals surface area (Å²) in [6, 6.07) is 8.82. The molecule has 0 saturated carbocycles. The third-order valence-electron chi connectivity index (χ3n) is 4.46. The van der Waals surface area contributed by atoms with E-state index in [2.05, 4.69) is 5.32 Å². The van der Waals surface area contributed by atoms with E-state index in [1.165, 1.54) is 18.2 Å². The second kappa shape index (κ2) is 7.93. The second-order valence-corrected chi connectivity index (χ2v) is 6.21. The predicted molar refractivity (Wildman–Crippen MR) is 97.1 cm³/mol. The lowest BCUT2D eigenvalue weighted by molar-refractivity contribution is 0.0655. The molecule has 3 nitrogen and oxygen atoms in total. The largest absolute Gasteiger partial charge is 0.333 e. The van der Waals surface area contributed by atoms with Gasteiger partial charge in [-0.1, -0.05) is 12.1 Å². The highest BCUT2D eigenvalue weighted by Crippen LogP contribution is 2.27. The maximum absolute atomic E-state index is 14.6. The average molecular weight is 367 g/mol. The van der Waals surface area contributed by atoms with Gasteiger partial charge < -0.3 is 10.2 Å². The number of amides is 1. The van der Waals surface area contributed by atoms with Crippen LogP contribution in [-0.4, -0.2) is 36.5 Å². The van der Waals surface area contributed by atoms with Crippen LogP contribution in [0.2, 0.25) is 0 Å². The van der Waals surface area contributed by atoms with E-state index in [0.717, 1.165) is 13.1 Å². The fourth-order valence-electron chi connectivity index (χ4n) is 3.10. The minimum Gasteiger partial charge on any atom is -0.333 e. The molecule has 0 spiro atoms. The number of hydrogen-bond donors (Lipinski definition) is 1. The monoisotopic (exact) mass is 366 g/mol. The fourth-order valence-corrected chi connectivity index (χ4v) is 3.10. The summed E-state index contributed by atoms with van der Waals surface area (Å²) in [5.41, 5.74) is 1.99. The summed E-state index contributed by atoms with van der Waals surface area (Å²) < 4.78 is 27.8. The third-order valence-corrected chi connectivity index (χ3v) is 4.46. The predicted octanol–water partition coefficient (Wildman–Crippen LogP) is 3.80. The number of piperazine rings is 1. The zero-order valence-electron chi connectivity index (χ0n) is 14.2. The number of halogens is 3. The van der Waals surface area contributed by atoms with E-state index in [1.807, 2.05) is 6.92 Å². The van der Waals surface area contributed by atoms with Crippen LogP contribution in [0.4, 0.5) is 8.78 Å². The van der Waals surface area contributed by atoms with E-state index >= 15 is 0 Å². The van der Waals surface area contributed by atoms with E-state index in [4.69, 9.17) is 0 Å². The van der Waals surface area contributed by atoms with Gasteiger partial charge in [-0.25, -0.2) is 8.78 Å². The quantitative estimate of drug-likeness (QED) is 0.876. The lowest BCUT2D eigenvalue weighted by atomic mass is 9.98. The molecule has 2 aromatic carbocycles. The van der Waals surface area contributed by atoms with Gasteiger partial charge in [0.25, 0.3) is 5.91 Å². The van der Waals surface area contributed by atoms with Crippen LogP contribution >= 0.6 is 12.4 Å². The number of nitrogens with one attached hydrogen (secondary N) is 1. The first kappa shape index (κ1) is 19.3. The minimum absolute atomic E-state index is 0. The Kier molecular flexibility index (Phi) is 6.14. The van der Waals surface area contributed by atoms with Crippen molar-refractivity contribution in [3.63, 3.8) is 0 Å². The number of nitrogens with zero attached hydrogens (tertiary/aromatic N) is 1. The lowest BCUT2D eigenvalue weighted by Gasteiger charge is -2.34. The third kappa shape index (κ3) is 3.99. The van der Waals surface area contributed by atoms with Crippen molar-refractivity contribution in [2.75, 3.05) is 19.6 Å². The van der Waals surface area contributed by atoms with Crippen LogP contribution in [0.25, 0.3) is 11.1 Å². The molecule has 1 fully saturated rings. The molecule has 0 aliphatic carbocycles. The van der Waals surface area contributed by atoms with E-state index < -0.39 is 5.82 Å². The Morgan fingerprint density at radius 2 is 1.88 bits per heavy atom. The van der Waals surface area contributed by atoms with Gasteiger partial charge in [-0.3, -0.25) is 4.79 Å². The molecule has 1 amide bonds. The molecule has 1 saturated heterocycles. The Balaban J connectivity index is 0.00000225. The first-order valence-electron chi connectivity index (χ1n) is 8.05. The molecular weight excluding hydrogens is 346 g/mol. The molecule has 0 radical (unpaired) electrons. The van der Waals surface area contributed by atoms with Crippen LogP contribution in [0.15, 0.2) is 36.4 Å². The zero-order chi connectivity index (χ0) is 17.3. The molecule has 1 aliphatic rings. The van der Waals surface area contributed by atoms with E-state index in [0.29, 0.717) is 28.8 Å². The second-order valence-electron chi connectivity index (χ2n) is 6.21. The molecular formula is C19H21ClF2N2O. The average Bonchev–Trinajstić information content (AvgIpc) is 2.55. The van der Waals surface area contributed by atoms with Crippen LogP contribution < -0.4 is 5.32 Å². The first-order chi connectivity index (χ1) is 11.5. The maximum atomic E-state index is 14.6. The molecule has 1 aliphatic heterocycles. The normalized spacial score (nSPS) is 17.1. The molecule has 134 valence electrons. The van der Waals surface area contributed by atoms with Crippen molar-refractivity contribution in [3.05, 3.63) is 59.2 Å². The minimum atomic E-state index is -0.474. The van der Waals surface area contributed by atoms with Crippen molar-refractivity contribution in [3.8, 4) is 11.1 Å². The molecule has 6 heteroatoms. The Morgan fingerprint density at radius 1 is 1.16 bits per heavy atom. The molecule has 1 heterocycles. The first-order valence-corrected chi connectivity index (χ1v) is 8.05. The van der Waals surface area contributed by atoms with Crippen molar-refractivity contribution in [2.45, 2.75) is 19.9 Å². The Hall–Kier alpha value is -1.98. The molecule has 3 rings (SSSR count).